The van der Waals surface area contributed by atoms with Crippen LogP contribution in [0.15, 0.2) is 46.9 Å². The lowest BCUT2D eigenvalue weighted by Gasteiger charge is -2.15. The number of thiophene rings is 1. The maximum Gasteiger partial charge on any atom is 0.278 e. The third-order valence-electron chi connectivity index (χ3n) is 4.12. The summed E-state index contributed by atoms with van der Waals surface area (Å²) in [5, 5.41) is 5.47. The van der Waals surface area contributed by atoms with Gasteiger partial charge in [-0.1, -0.05) is 11.2 Å². The Morgan fingerprint density at radius 3 is 2.60 bits per heavy atom. The van der Waals surface area contributed by atoms with Crippen LogP contribution in [-0.4, -0.2) is 36.5 Å². The molecule has 2 aliphatic rings. The first-order valence-corrected chi connectivity index (χ1v) is 8.33. The number of carbonyl (C=O) groups excluding carboxylic acids is 3. The average molecular weight is 356 g/mol. The van der Waals surface area contributed by atoms with Crippen molar-refractivity contribution in [2.45, 2.75) is 6.10 Å². The number of Topliss-reactive ketones (excluding diaryl/α,β-unsaturated/α-hetero) is 1. The number of anilines is 1. The number of imide groups is 1. The SMILES string of the molecule is COc1ccc(N2C(=O)[C@@H]3C(C(=O)c4cccs4)=NO[C@@H]3C2=O)cc1. The van der Waals surface area contributed by atoms with Crippen LogP contribution in [-0.2, 0) is 14.4 Å². The number of hydrogen-bond donors (Lipinski definition) is 0. The van der Waals surface area contributed by atoms with Crippen LogP contribution in [0.25, 0.3) is 0 Å². The molecular formula is C17H12N2O5S. The molecule has 1 aromatic carbocycles. The van der Waals surface area contributed by atoms with Crippen LogP contribution in [0.3, 0.4) is 0 Å². The number of oxime groups is 1. The van der Waals surface area contributed by atoms with Gasteiger partial charge < -0.3 is 9.57 Å². The van der Waals surface area contributed by atoms with Crippen LogP contribution < -0.4 is 9.64 Å². The minimum absolute atomic E-state index is 0.0261. The van der Waals surface area contributed by atoms with E-state index in [2.05, 4.69) is 5.16 Å². The minimum Gasteiger partial charge on any atom is -0.497 e. The molecule has 0 radical (unpaired) electrons. The number of methoxy groups -OCH3 is 1. The van der Waals surface area contributed by atoms with Gasteiger partial charge in [-0.25, -0.2) is 4.90 Å². The fraction of sp³-hybridized carbons (Fsp3) is 0.176. The molecule has 0 N–H and O–H groups in total. The lowest BCUT2D eigenvalue weighted by molar-refractivity contribution is -0.126. The number of benzene rings is 1. The molecule has 0 bridgehead atoms. The number of nitrogens with zero attached hydrogens (tertiary/aromatic N) is 2. The van der Waals surface area contributed by atoms with E-state index in [1.54, 1.807) is 41.8 Å². The molecule has 3 heterocycles. The standard InChI is InChI=1S/C17H12N2O5S/c1-23-10-6-4-9(5-7-10)19-16(21)12-13(18-24-15(12)17(19)22)14(20)11-3-2-8-25-11/h2-8,12,15H,1H3/t12-,15+/m1/s1. The quantitative estimate of drug-likeness (QED) is 0.617. The maximum absolute atomic E-state index is 12.8. The largest absolute Gasteiger partial charge is 0.497 e. The summed E-state index contributed by atoms with van der Waals surface area (Å²) in [4.78, 5) is 44.5. The van der Waals surface area contributed by atoms with Crippen LogP contribution >= 0.6 is 11.3 Å². The summed E-state index contributed by atoms with van der Waals surface area (Å²) in [5.74, 6) is -1.84. The first kappa shape index (κ1) is 15.5. The van der Waals surface area contributed by atoms with Crippen molar-refractivity contribution >= 4 is 40.3 Å². The van der Waals surface area contributed by atoms with E-state index in [1.807, 2.05) is 0 Å². The molecule has 2 aliphatic heterocycles. The summed E-state index contributed by atoms with van der Waals surface area (Å²) < 4.78 is 5.07. The summed E-state index contributed by atoms with van der Waals surface area (Å²) >= 11 is 1.25. The van der Waals surface area contributed by atoms with E-state index < -0.39 is 23.8 Å². The lowest BCUT2D eigenvalue weighted by Crippen LogP contribution is -2.34. The van der Waals surface area contributed by atoms with E-state index in [1.165, 1.54) is 18.4 Å². The first-order valence-electron chi connectivity index (χ1n) is 7.45. The second-order valence-electron chi connectivity index (χ2n) is 5.50. The molecule has 2 aromatic rings. The van der Waals surface area contributed by atoms with Gasteiger partial charge in [-0.2, -0.15) is 0 Å². The van der Waals surface area contributed by atoms with Crippen molar-refractivity contribution in [3.05, 3.63) is 46.7 Å². The predicted molar refractivity (Wildman–Crippen MR) is 89.9 cm³/mol. The van der Waals surface area contributed by atoms with E-state index in [4.69, 9.17) is 9.57 Å². The number of ether oxygens (including phenoxy) is 1. The molecule has 7 nitrogen and oxygen atoms in total. The van der Waals surface area contributed by atoms with Crippen molar-refractivity contribution in [3.63, 3.8) is 0 Å². The molecule has 126 valence electrons. The molecule has 0 unspecified atom stereocenters. The highest BCUT2D eigenvalue weighted by molar-refractivity contribution is 7.13. The summed E-state index contributed by atoms with van der Waals surface area (Å²) in [6.45, 7) is 0. The normalized spacial score (nSPS) is 21.8. The fourth-order valence-electron chi connectivity index (χ4n) is 2.89. The van der Waals surface area contributed by atoms with Crippen molar-refractivity contribution < 1.29 is 24.0 Å². The maximum atomic E-state index is 12.8. The number of carbonyl (C=O) groups is 3. The lowest BCUT2D eigenvalue weighted by atomic mass is 9.96. The van der Waals surface area contributed by atoms with E-state index in [0.29, 0.717) is 16.3 Å². The smallest absolute Gasteiger partial charge is 0.278 e. The molecule has 1 saturated heterocycles. The Balaban J connectivity index is 1.65. The molecule has 4 rings (SSSR count). The molecular weight excluding hydrogens is 344 g/mol. The average Bonchev–Trinajstić information content (AvgIpc) is 3.35. The van der Waals surface area contributed by atoms with Crippen molar-refractivity contribution in [2.24, 2.45) is 11.1 Å². The highest BCUT2D eigenvalue weighted by atomic mass is 32.1. The van der Waals surface area contributed by atoms with Gasteiger partial charge >= 0.3 is 0 Å². The molecule has 0 spiro atoms. The van der Waals surface area contributed by atoms with Gasteiger partial charge in [0.15, 0.2) is 0 Å². The topological polar surface area (TPSA) is 85.3 Å². The van der Waals surface area contributed by atoms with Crippen molar-refractivity contribution in [3.8, 4) is 5.75 Å². The third kappa shape index (κ3) is 2.33. The Morgan fingerprint density at radius 1 is 1.20 bits per heavy atom. The molecule has 2 atom stereocenters. The molecule has 8 heteroatoms. The highest BCUT2D eigenvalue weighted by Gasteiger charge is 2.57. The van der Waals surface area contributed by atoms with Crippen LogP contribution in [0.5, 0.6) is 5.75 Å². The van der Waals surface area contributed by atoms with Gasteiger partial charge in [0.05, 0.1) is 17.7 Å². The number of fused-ring (bicyclic) bond motifs is 1. The molecule has 0 saturated carbocycles. The monoisotopic (exact) mass is 356 g/mol. The zero-order chi connectivity index (χ0) is 17.6. The highest BCUT2D eigenvalue weighted by Crippen LogP contribution is 2.35. The Kier molecular flexibility index (Phi) is 3.61. The zero-order valence-corrected chi connectivity index (χ0v) is 13.9. The van der Waals surface area contributed by atoms with Crippen LogP contribution in [0.1, 0.15) is 9.67 Å². The van der Waals surface area contributed by atoms with Crippen LogP contribution in [0, 0.1) is 5.92 Å². The number of ketones is 1. The van der Waals surface area contributed by atoms with Gasteiger partial charge in [-0.05, 0) is 35.7 Å². The molecule has 25 heavy (non-hydrogen) atoms. The van der Waals surface area contributed by atoms with Gasteiger partial charge in [0.1, 0.15) is 17.4 Å². The minimum atomic E-state index is -1.09. The fourth-order valence-corrected chi connectivity index (χ4v) is 3.56. The van der Waals surface area contributed by atoms with Gasteiger partial charge in [0, 0.05) is 0 Å². The van der Waals surface area contributed by atoms with E-state index in [9.17, 15) is 14.4 Å². The molecule has 2 amide bonds. The predicted octanol–water partition coefficient (Wildman–Crippen LogP) is 1.88. The Hall–Kier alpha value is -3.00. The zero-order valence-electron chi connectivity index (χ0n) is 13.0. The number of rotatable bonds is 4. The van der Waals surface area contributed by atoms with Crippen LogP contribution in [0.4, 0.5) is 5.69 Å². The van der Waals surface area contributed by atoms with E-state index in [-0.39, 0.29) is 11.5 Å². The second-order valence-corrected chi connectivity index (χ2v) is 6.44. The molecule has 1 aromatic heterocycles. The third-order valence-corrected chi connectivity index (χ3v) is 4.99. The van der Waals surface area contributed by atoms with Gasteiger partial charge in [-0.15, -0.1) is 11.3 Å². The molecule has 1 fully saturated rings. The summed E-state index contributed by atoms with van der Waals surface area (Å²) in [5.41, 5.74) is 0.374. The Bertz CT molecular complexity index is 888. The van der Waals surface area contributed by atoms with Gasteiger partial charge in [-0.3, -0.25) is 14.4 Å². The van der Waals surface area contributed by atoms with Crippen molar-refractivity contribution in [2.75, 3.05) is 12.0 Å². The van der Waals surface area contributed by atoms with E-state index >= 15 is 0 Å². The second kappa shape index (κ2) is 5.82. The summed E-state index contributed by atoms with van der Waals surface area (Å²) in [6, 6.07) is 9.89. The number of amides is 2. The number of hydrogen-bond acceptors (Lipinski definition) is 7. The first-order chi connectivity index (χ1) is 12.1. The Labute approximate surface area is 146 Å². The summed E-state index contributed by atoms with van der Waals surface area (Å²) in [7, 11) is 1.53. The van der Waals surface area contributed by atoms with E-state index in [0.717, 1.165) is 4.90 Å². The summed E-state index contributed by atoms with van der Waals surface area (Å²) in [6.07, 6.45) is -1.09. The molecule has 0 aliphatic carbocycles. The van der Waals surface area contributed by atoms with Crippen LogP contribution in [0.2, 0.25) is 0 Å². The van der Waals surface area contributed by atoms with Crippen molar-refractivity contribution in [1.29, 1.82) is 0 Å². The van der Waals surface area contributed by atoms with Crippen molar-refractivity contribution in [1.82, 2.24) is 0 Å². The van der Waals surface area contributed by atoms with Gasteiger partial charge in [0.2, 0.25) is 17.8 Å². The Morgan fingerprint density at radius 2 is 1.96 bits per heavy atom. The van der Waals surface area contributed by atoms with Gasteiger partial charge in [0.25, 0.3) is 5.91 Å².